The monoisotopic (exact) mass is 202 g/mol. The van der Waals surface area contributed by atoms with Crippen LogP contribution in [0.15, 0.2) is 0 Å². The van der Waals surface area contributed by atoms with Crippen molar-refractivity contribution in [1.29, 1.82) is 0 Å². The van der Waals surface area contributed by atoms with E-state index in [2.05, 4.69) is 0 Å². The predicted octanol–water partition coefficient (Wildman–Crippen LogP) is -1.54. The second kappa shape index (κ2) is 2.68. The summed E-state index contributed by atoms with van der Waals surface area (Å²) in [5.74, 6) is -0.377. The maximum absolute atomic E-state index is 10.2. The zero-order valence-corrected chi connectivity index (χ0v) is 7.67. The van der Waals surface area contributed by atoms with Crippen molar-refractivity contribution in [2.75, 3.05) is 13.2 Å². The van der Waals surface area contributed by atoms with Crippen LogP contribution in [-0.4, -0.2) is 52.6 Å². The fraction of sp³-hybridized carbons (Fsp3) is 1.00. The van der Waals surface area contributed by atoms with Gasteiger partial charge in [0.15, 0.2) is 6.29 Å². The van der Waals surface area contributed by atoms with E-state index in [1.165, 1.54) is 0 Å². The number of hydrogen-bond donors (Lipinski definition) is 3. The van der Waals surface area contributed by atoms with E-state index in [1.54, 1.807) is 0 Å². The Morgan fingerprint density at radius 3 is 2.79 bits per heavy atom. The van der Waals surface area contributed by atoms with Gasteiger partial charge in [-0.15, -0.1) is 0 Å². The first-order chi connectivity index (χ1) is 6.64. The van der Waals surface area contributed by atoms with E-state index in [1.807, 2.05) is 0 Å². The molecule has 3 fully saturated rings. The molecule has 6 atom stereocenters. The van der Waals surface area contributed by atoms with E-state index in [0.29, 0.717) is 13.0 Å². The Hall–Kier alpha value is -0.200. The van der Waals surface area contributed by atoms with Crippen molar-refractivity contribution < 1.29 is 24.8 Å². The van der Waals surface area contributed by atoms with Gasteiger partial charge in [0.05, 0.1) is 19.3 Å². The summed E-state index contributed by atoms with van der Waals surface area (Å²) in [5, 5.41) is 29.7. The molecule has 0 aromatic heterocycles. The Morgan fingerprint density at radius 1 is 1.21 bits per heavy atom. The van der Waals surface area contributed by atoms with Crippen LogP contribution in [0.1, 0.15) is 6.42 Å². The first kappa shape index (κ1) is 9.06. The number of aliphatic hydroxyl groups is 3. The number of rotatable bonds is 0. The van der Waals surface area contributed by atoms with Crippen LogP contribution in [0, 0.1) is 11.8 Å². The quantitative estimate of drug-likeness (QED) is 0.444. The zero-order valence-electron chi connectivity index (χ0n) is 7.67. The maximum atomic E-state index is 10.2. The van der Waals surface area contributed by atoms with E-state index in [-0.39, 0.29) is 18.4 Å². The van der Waals surface area contributed by atoms with Gasteiger partial charge in [-0.25, -0.2) is 0 Å². The van der Waals surface area contributed by atoms with Gasteiger partial charge in [-0.05, 0) is 6.42 Å². The Balaban J connectivity index is 2.00. The van der Waals surface area contributed by atoms with E-state index in [0.717, 1.165) is 0 Å². The van der Waals surface area contributed by atoms with Crippen LogP contribution in [-0.2, 0) is 9.47 Å². The van der Waals surface area contributed by atoms with Crippen molar-refractivity contribution in [2.24, 2.45) is 11.8 Å². The summed E-state index contributed by atoms with van der Waals surface area (Å²) in [7, 11) is 0. The molecule has 1 saturated carbocycles. The molecule has 3 aliphatic rings. The average molecular weight is 202 g/mol. The van der Waals surface area contributed by atoms with Crippen molar-refractivity contribution in [3.8, 4) is 0 Å². The smallest absolute Gasteiger partial charge is 0.163 e. The maximum Gasteiger partial charge on any atom is 0.163 e. The molecule has 5 nitrogen and oxygen atoms in total. The molecule has 0 bridgehead atoms. The highest BCUT2D eigenvalue weighted by Gasteiger charge is 2.66. The van der Waals surface area contributed by atoms with E-state index in [9.17, 15) is 15.3 Å². The van der Waals surface area contributed by atoms with E-state index < -0.39 is 24.1 Å². The van der Waals surface area contributed by atoms with Crippen molar-refractivity contribution in [1.82, 2.24) is 0 Å². The van der Waals surface area contributed by atoms with E-state index in [4.69, 9.17) is 9.47 Å². The highest BCUT2D eigenvalue weighted by Crippen LogP contribution is 2.51. The molecule has 5 heteroatoms. The van der Waals surface area contributed by atoms with Crippen LogP contribution in [0.4, 0.5) is 0 Å². The number of ether oxygens (including phenoxy) is 2. The lowest BCUT2D eigenvalue weighted by Gasteiger charge is -2.31. The second-order valence-electron chi connectivity index (χ2n) is 4.46. The largest absolute Gasteiger partial charge is 0.390 e. The van der Waals surface area contributed by atoms with Crippen molar-refractivity contribution >= 4 is 0 Å². The normalized spacial score (nSPS) is 61.5. The Bertz CT molecular complexity index is 258. The molecule has 0 aromatic rings. The van der Waals surface area contributed by atoms with Crippen molar-refractivity contribution in [2.45, 2.75) is 30.5 Å². The lowest BCUT2D eigenvalue weighted by molar-refractivity contribution is -0.176. The topological polar surface area (TPSA) is 79.2 Å². The Labute approximate surface area is 81.3 Å². The standard InChI is InChI=1S/C9H14O5/c10-6-4-1-2-13-8-5(4)9(12,3-14-8)7(6)11/h4-8,10-12H,1-3H2/t4-,5-,6+,7+,8-,9-/m1/s1. The molecule has 0 aromatic carbocycles. The summed E-state index contributed by atoms with van der Waals surface area (Å²) in [4.78, 5) is 0. The predicted molar refractivity (Wildman–Crippen MR) is 44.3 cm³/mol. The van der Waals surface area contributed by atoms with Gasteiger partial charge in [-0.3, -0.25) is 0 Å². The van der Waals surface area contributed by atoms with Gasteiger partial charge in [-0.2, -0.15) is 0 Å². The third-order valence-corrected chi connectivity index (χ3v) is 3.82. The van der Waals surface area contributed by atoms with Crippen LogP contribution in [0.25, 0.3) is 0 Å². The molecule has 0 unspecified atom stereocenters. The summed E-state index contributed by atoms with van der Waals surface area (Å²) in [6.45, 7) is 0.572. The molecule has 14 heavy (non-hydrogen) atoms. The first-order valence-electron chi connectivity index (χ1n) is 4.96. The SMILES string of the molecule is O[C@H]1[C@@H]2CCO[C@@H]3OC[C@@](O)([C@@H]32)[C@H]1O. The molecule has 3 N–H and O–H groups in total. The summed E-state index contributed by atoms with van der Waals surface area (Å²) in [6, 6.07) is 0. The Kier molecular flexibility index (Phi) is 1.73. The summed E-state index contributed by atoms with van der Waals surface area (Å²) in [6.07, 6.45) is -1.74. The highest BCUT2D eigenvalue weighted by atomic mass is 16.7. The fourth-order valence-electron chi connectivity index (χ4n) is 3.07. The highest BCUT2D eigenvalue weighted by molar-refractivity contribution is 5.13. The Morgan fingerprint density at radius 2 is 2.00 bits per heavy atom. The third kappa shape index (κ3) is 0.869. The van der Waals surface area contributed by atoms with Gasteiger partial charge in [-0.1, -0.05) is 0 Å². The molecule has 0 spiro atoms. The van der Waals surface area contributed by atoms with Gasteiger partial charge < -0.3 is 24.8 Å². The van der Waals surface area contributed by atoms with Crippen molar-refractivity contribution in [3.63, 3.8) is 0 Å². The molecule has 3 rings (SSSR count). The summed E-state index contributed by atoms with van der Waals surface area (Å²) < 4.78 is 10.6. The average Bonchev–Trinajstić information content (AvgIpc) is 2.63. The summed E-state index contributed by atoms with van der Waals surface area (Å²) in [5.41, 5.74) is -1.31. The van der Waals surface area contributed by atoms with E-state index >= 15 is 0 Å². The van der Waals surface area contributed by atoms with Crippen molar-refractivity contribution in [3.05, 3.63) is 0 Å². The molecule has 1 aliphatic carbocycles. The fourth-order valence-corrected chi connectivity index (χ4v) is 3.07. The van der Waals surface area contributed by atoms with Crippen LogP contribution in [0.3, 0.4) is 0 Å². The first-order valence-corrected chi connectivity index (χ1v) is 4.96. The minimum atomic E-state index is -1.31. The van der Waals surface area contributed by atoms with Gasteiger partial charge in [0.25, 0.3) is 0 Å². The second-order valence-corrected chi connectivity index (χ2v) is 4.46. The minimum absolute atomic E-state index is 0.0526. The lowest BCUT2D eigenvalue weighted by Crippen LogP contribution is -2.46. The van der Waals surface area contributed by atoms with Crippen LogP contribution < -0.4 is 0 Å². The van der Waals surface area contributed by atoms with Gasteiger partial charge in [0, 0.05) is 11.8 Å². The number of aliphatic hydroxyl groups excluding tert-OH is 2. The minimum Gasteiger partial charge on any atom is -0.390 e. The van der Waals surface area contributed by atoms with Gasteiger partial charge in [0.1, 0.15) is 11.7 Å². The third-order valence-electron chi connectivity index (χ3n) is 3.82. The zero-order chi connectivity index (χ0) is 9.92. The molecule has 2 saturated heterocycles. The van der Waals surface area contributed by atoms with Gasteiger partial charge >= 0.3 is 0 Å². The van der Waals surface area contributed by atoms with Crippen LogP contribution in [0.2, 0.25) is 0 Å². The molecular weight excluding hydrogens is 188 g/mol. The van der Waals surface area contributed by atoms with Crippen LogP contribution >= 0.6 is 0 Å². The van der Waals surface area contributed by atoms with Gasteiger partial charge in [0.2, 0.25) is 0 Å². The molecule has 0 amide bonds. The number of hydrogen-bond acceptors (Lipinski definition) is 5. The molecule has 80 valence electrons. The summed E-state index contributed by atoms with van der Waals surface area (Å²) >= 11 is 0. The lowest BCUT2D eigenvalue weighted by atomic mass is 9.84. The molecular formula is C9H14O5. The molecule has 0 radical (unpaired) electrons. The van der Waals surface area contributed by atoms with Crippen LogP contribution in [0.5, 0.6) is 0 Å². The molecule has 2 heterocycles. The molecule has 2 aliphatic heterocycles.